The Morgan fingerprint density at radius 3 is 2.42 bits per heavy atom. The van der Waals surface area contributed by atoms with E-state index < -0.39 is 11.9 Å². The standard InChI is InChI=1S/C32H34N2O6/c1-5-7-12-37-27-11-8-22(16-29(27)36-6-2)31-25-10-9-23(17-28(25)40-32(34)26(31)18-33)39-30(35)19-38-24-14-20(3)13-21(4)15-24/h8-11,13-17,31H,5-7,12,19,34H2,1-4H3. The smallest absolute Gasteiger partial charge is 0.349 e. The Bertz CT molecular complexity index is 1440. The predicted octanol–water partition coefficient (Wildman–Crippen LogP) is 6.08. The van der Waals surface area contributed by atoms with Crippen LogP contribution in [0.5, 0.6) is 28.7 Å². The molecule has 1 heterocycles. The van der Waals surface area contributed by atoms with Crippen LogP contribution in [0.2, 0.25) is 0 Å². The average Bonchev–Trinajstić information content (AvgIpc) is 2.91. The van der Waals surface area contributed by atoms with Crippen molar-refractivity contribution in [1.29, 1.82) is 5.26 Å². The van der Waals surface area contributed by atoms with Crippen molar-refractivity contribution in [2.45, 2.75) is 46.5 Å². The number of carbonyl (C=O) groups excluding carboxylic acids is 1. The van der Waals surface area contributed by atoms with Gasteiger partial charge in [0.05, 0.1) is 19.1 Å². The number of nitriles is 1. The molecule has 208 valence electrons. The number of carbonyl (C=O) groups is 1. The highest BCUT2D eigenvalue weighted by molar-refractivity contribution is 5.74. The molecule has 0 radical (unpaired) electrons. The molecule has 1 unspecified atom stereocenters. The zero-order valence-electron chi connectivity index (χ0n) is 23.3. The van der Waals surface area contributed by atoms with Crippen molar-refractivity contribution < 1.29 is 28.5 Å². The monoisotopic (exact) mass is 542 g/mol. The minimum atomic E-state index is -0.562. The number of benzene rings is 3. The minimum absolute atomic E-state index is 0.0112. The molecule has 3 aromatic rings. The number of hydrogen-bond acceptors (Lipinski definition) is 8. The Morgan fingerprint density at radius 1 is 0.950 bits per heavy atom. The molecule has 2 N–H and O–H groups in total. The zero-order valence-corrected chi connectivity index (χ0v) is 23.3. The molecular formula is C32H34N2O6. The number of aryl methyl sites for hydroxylation is 2. The Kier molecular flexibility index (Phi) is 9.18. The molecule has 0 fully saturated rings. The molecule has 8 nitrogen and oxygen atoms in total. The van der Waals surface area contributed by atoms with Gasteiger partial charge in [-0.25, -0.2) is 4.79 Å². The summed E-state index contributed by atoms with van der Waals surface area (Å²) in [5.74, 6) is 1.42. The third kappa shape index (κ3) is 6.67. The van der Waals surface area contributed by atoms with Gasteiger partial charge in [0.2, 0.25) is 5.88 Å². The molecule has 1 atom stereocenters. The maximum atomic E-state index is 12.5. The number of hydrogen-bond donors (Lipinski definition) is 1. The first-order chi connectivity index (χ1) is 19.3. The summed E-state index contributed by atoms with van der Waals surface area (Å²) < 4.78 is 28.7. The molecule has 1 aliphatic rings. The van der Waals surface area contributed by atoms with E-state index in [1.165, 1.54) is 0 Å². The molecule has 40 heavy (non-hydrogen) atoms. The molecule has 0 saturated carbocycles. The van der Waals surface area contributed by atoms with Gasteiger partial charge in [-0.15, -0.1) is 0 Å². The van der Waals surface area contributed by atoms with E-state index in [1.54, 1.807) is 18.2 Å². The maximum absolute atomic E-state index is 12.5. The first kappa shape index (κ1) is 28.4. The largest absolute Gasteiger partial charge is 0.490 e. The fourth-order valence-corrected chi connectivity index (χ4v) is 4.58. The van der Waals surface area contributed by atoms with E-state index in [0.29, 0.717) is 41.8 Å². The van der Waals surface area contributed by atoms with E-state index in [1.807, 2.05) is 57.2 Å². The summed E-state index contributed by atoms with van der Waals surface area (Å²) in [5, 5.41) is 9.94. The summed E-state index contributed by atoms with van der Waals surface area (Å²) in [7, 11) is 0. The number of rotatable bonds is 11. The van der Waals surface area contributed by atoms with Crippen LogP contribution in [0.3, 0.4) is 0 Å². The summed E-state index contributed by atoms with van der Waals surface area (Å²) in [6.45, 7) is 8.72. The SMILES string of the molecule is CCCCOc1ccc(C2C(C#N)=C(N)Oc3cc(OC(=O)COc4cc(C)cc(C)c4)ccc32)cc1OCC. The van der Waals surface area contributed by atoms with Gasteiger partial charge in [0.1, 0.15) is 28.9 Å². The molecule has 0 spiro atoms. The van der Waals surface area contributed by atoms with E-state index in [2.05, 4.69) is 13.0 Å². The van der Waals surface area contributed by atoms with Gasteiger partial charge in [0.25, 0.3) is 0 Å². The lowest BCUT2D eigenvalue weighted by Crippen LogP contribution is -2.22. The van der Waals surface area contributed by atoms with Crippen LogP contribution < -0.4 is 29.4 Å². The summed E-state index contributed by atoms with van der Waals surface area (Å²) in [6.07, 6.45) is 1.95. The van der Waals surface area contributed by atoms with E-state index in [4.69, 9.17) is 29.4 Å². The molecule has 0 amide bonds. The van der Waals surface area contributed by atoms with E-state index in [-0.39, 0.29) is 23.8 Å². The van der Waals surface area contributed by atoms with Gasteiger partial charge in [-0.3, -0.25) is 0 Å². The van der Waals surface area contributed by atoms with Crippen molar-refractivity contribution in [3.63, 3.8) is 0 Å². The lowest BCUT2D eigenvalue weighted by Gasteiger charge is -2.27. The number of nitrogens with zero attached hydrogens (tertiary/aromatic N) is 1. The molecule has 0 bridgehead atoms. The van der Waals surface area contributed by atoms with Crippen molar-refractivity contribution in [3.05, 3.63) is 88.3 Å². The van der Waals surface area contributed by atoms with Gasteiger partial charge in [0, 0.05) is 11.6 Å². The fraction of sp³-hybridized carbons (Fsp3) is 0.312. The Balaban J connectivity index is 1.57. The van der Waals surface area contributed by atoms with Crippen LogP contribution in [0.25, 0.3) is 0 Å². The summed E-state index contributed by atoms with van der Waals surface area (Å²) >= 11 is 0. The van der Waals surface area contributed by atoms with Gasteiger partial charge in [-0.05, 0) is 74.2 Å². The highest BCUT2D eigenvalue weighted by Crippen LogP contribution is 2.45. The maximum Gasteiger partial charge on any atom is 0.349 e. The lowest BCUT2D eigenvalue weighted by molar-refractivity contribution is -0.136. The van der Waals surface area contributed by atoms with Gasteiger partial charge in [-0.1, -0.05) is 31.5 Å². The quantitative estimate of drug-likeness (QED) is 0.176. The van der Waals surface area contributed by atoms with E-state index in [9.17, 15) is 10.1 Å². The van der Waals surface area contributed by atoms with Crippen LogP contribution in [-0.2, 0) is 4.79 Å². The van der Waals surface area contributed by atoms with Gasteiger partial charge in [-0.2, -0.15) is 5.26 Å². The third-order valence-electron chi connectivity index (χ3n) is 6.33. The number of ether oxygens (including phenoxy) is 5. The van der Waals surface area contributed by atoms with Crippen LogP contribution >= 0.6 is 0 Å². The predicted molar refractivity (Wildman–Crippen MR) is 151 cm³/mol. The van der Waals surface area contributed by atoms with Crippen LogP contribution in [0.15, 0.2) is 66.1 Å². The molecular weight excluding hydrogens is 508 g/mol. The van der Waals surface area contributed by atoms with Crippen molar-refractivity contribution in [3.8, 4) is 34.8 Å². The first-order valence-electron chi connectivity index (χ1n) is 13.4. The highest BCUT2D eigenvalue weighted by Gasteiger charge is 2.32. The van der Waals surface area contributed by atoms with Crippen LogP contribution in [0.4, 0.5) is 0 Å². The molecule has 3 aromatic carbocycles. The topological polar surface area (TPSA) is 113 Å². The van der Waals surface area contributed by atoms with Crippen molar-refractivity contribution in [1.82, 2.24) is 0 Å². The second-order valence-electron chi connectivity index (χ2n) is 9.55. The van der Waals surface area contributed by atoms with Gasteiger partial charge in [0.15, 0.2) is 18.1 Å². The second kappa shape index (κ2) is 12.9. The number of allylic oxidation sites excluding steroid dienone is 1. The number of unbranched alkanes of at least 4 members (excludes halogenated alkanes) is 1. The average molecular weight is 543 g/mol. The molecule has 0 saturated heterocycles. The van der Waals surface area contributed by atoms with E-state index >= 15 is 0 Å². The van der Waals surface area contributed by atoms with E-state index in [0.717, 1.165) is 29.5 Å². The Hall–Kier alpha value is -4.64. The highest BCUT2D eigenvalue weighted by atomic mass is 16.6. The summed E-state index contributed by atoms with van der Waals surface area (Å²) in [4.78, 5) is 12.5. The normalized spacial score (nSPS) is 14.0. The lowest BCUT2D eigenvalue weighted by atomic mass is 9.83. The zero-order chi connectivity index (χ0) is 28.6. The van der Waals surface area contributed by atoms with Crippen molar-refractivity contribution in [2.24, 2.45) is 5.73 Å². The van der Waals surface area contributed by atoms with Crippen molar-refractivity contribution in [2.75, 3.05) is 19.8 Å². The third-order valence-corrected chi connectivity index (χ3v) is 6.33. The number of nitrogens with two attached hydrogens (primary N) is 1. The molecule has 8 heteroatoms. The summed E-state index contributed by atoms with van der Waals surface area (Å²) in [5.41, 5.74) is 10.0. The van der Waals surface area contributed by atoms with Crippen LogP contribution in [-0.4, -0.2) is 25.8 Å². The minimum Gasteiger partial charge on any atom is -0.490 e. The number of esters is 1. The van der Waals surface area contributed by atoms with Crippen molar-refractivity contribution >= 4 is 5.97 Å². The molecule has 1 aliphatic heterocycles. The molecule has 0 aromatic heterocycles. The first-order valence-corrected chi connectivity index (χ1v) is 13.4. The second-order valence-corrected chi connectivity index (χ2v) is 9.55. The molecule has 4 rings (SSSR count). The fourth-order valence-electron chi connectivity index (χ4n) is 4.58. The molecule has 0 aliphatic carbocycles. The van der Waals surface area contributed by atoms with Crippen LogP contribution in [0, 0.1) is 25.2 Å². The van der Waals surface area contributed by atoms with Crippen LogP contribution in [0.1, 0.15) is 54.9 Å². The Labute approximate surface area is 234 Å². The Morgan fingerprint density at radius 2 is 1.73 bits per heavy atom. The van der Waals surface area contributed by atoms with Gasteiger partial charge < -0.3 is 29.4 Å². The summed E-state index contributed by atoms with van der Waals surface area (Å²) in [6, 6.07) is 18.6. The number of fused-ring (bicyclic) bond motifs is 1. The van der Waals surface area contributed by atoms with Gasteiger partial charge >= 0.3 is 5.97 Å².